The molecule has 0 spiro atoms. The van der Waals surface area contributed by atoms with Crippen LogP contribution < -0.4 is 0 Å². The predicted molar refractivity (Wildman–Crippen MR) is 145 cm³/mol. The van der Waals surface area contributed by atoms with Gasteiger partial charge in [-0.05, 0) is 55.5 Å². The summed E-state index contributed by atoms with van der Waals surface area (Å²) in [4.78, 5) is 17.4. The lowest BCUT2D eigenvalue weighted by atomic mass is 9.79. The van der Waals surface area contributed by atoms with Gasteiger partial charge in [0.15, 0.2) is 0 Å². The minimum absolute atomic E-state index is 0.0311. The monoisotopic (exact) mass is 529 g/mol. The van der Waals surface area contributed by atoms with E-state index in [2.05, 4.69) is 20.9 Å². The van der Waals surface area contributed by atoms with E-state index in [0.29, 0.717) is 18.4 Å². The maximum absolute atomic E-state index is 14.3. The van der Waals surface area contributed by atoms with Gasteiger partial charge in [-0.25, -0.2) is 18.3 Å². The van der Waals surface area contributed by atoms with E-state index in [9.17, 15) is 13.6 Å². The molecular weight excluding hydrogens is 500 g/mol. The number of ether oxygens (including phenoxy) is 1. The van der Waals surface area contributed by atoms with Gasteiger partial charge in [-0.2, -0.15) is 0 Å². The first kappa shape index (κ1) is 25.2. The van der Waals surface area contributed by atoms with Crippen molar-refractivity contribution in [2.24, 2.45) is 13.0 Å². The standard InChI is InChI=1S/C30H29F2N5O2/c1-18-27(36(2)35-34-18)22-16-25-26(33-17-22)23-10-9-21(29(38)39-3)15-24(23)37(25)28(19-7-5-4-6-8-19)20-11-13-30(31,32)14-12-20/h4-10,15-17,20,28H,11-14H2,1-3H3. The number of pyridine rings is 1. The molecule has 0 amide bonds. The number of fused-ring (bicyclic) bond motifs is 3. The van der Waals surface area contributed by atoms with Crippen molar-refractivity contribution in [1.82, 2.24) is 24.5 Å². The van der Waals surface area contributed by atoms with E-state index in [1.807, 2.05) is 62.6 Å². The van der Waals surface area contributed by atoms with Crippen molar-refractivity contribution in [3.8, 4) is 11.3 Å². The lowest BCUT2D eigenvalue weighted by molar-refractivity contribution is -0.0493. The molecule has 0 N–H and O–H groups in total. The smallest absolute Gasteiger partial charge is 0.337 e. The molecule has 1 unspecified atom stereocenters. The van der Waals surface area contributed by atoms with E-state index < -0.39 is 11.9 Å². The molecule has 1 atom stereocenters. The van der Waals surface area contributed by atoms with Gasteiger partial charge >= 0.3 is 5.97 Å². The number of alkyl halides is 2. The highest BCUT2D eigenvalue weighted by atomic mass is 19.3. The number of hydrogen-bond acceptors (Lipinski definition) is 5. The van der Waals surface area contributed by atoms with E-state index in [0.717, 1.165) is 44.5 Å². The molecule has 0 radical (unpaired) electrons. The van der Waals surface area contributed by atoms with E-state index in [1.54, 1.807) is 10.7 Å². The zero-order chi connectivity index (χ0) is 27.3. The highest BCUT2D eigenvalue weighted by Gasteiger charge is 2.39. The Balaban J connectivity index is 1.66. The average molecular weight is 530 g/mol. The number of benzene rings is 2. The van der Waals surface area contributed by atoms with Gasteiger partial charge in [-0.15, -0.1) is 5.10 Å². The van der Waals surface area contributed by atoms with Gasteiger partial charge in [0.25, 0.3) is 0 Å². The average Bonchev–Trinajstić information content (AvgIpc) is 3.45. The number of nitrogens with zero attached hydrogens (tertiary/aromatic N) is 5. The van der Waals surface area contributed by atoms with Gasteiger partial charge in [-0.3, -0.25) is 4.98 Å². The summed E-state index contributed by atoms with van der Waals surface area (Å²) in [6, 6.07) is 17.3. The lowest BCUT2D eigenvalue weighted by Gasteiger charge is -2.35. The van der Waals surface area contributed by atoms with Gasteiger partial charge in [0, 0.05) is 37.0 Å². The molecular formula is C30H29F2N5O2. The second-order valence-electron chi connectivity index (χ2n) is 10.4. The lowest BCUT2D eigenvalue weighted by Crippen LogP contribution is -2.30. The van der Waals surface area contributed by atoms with Crippen molar-refractivity contribution in [3.63, 3.8) is 0 Å². The molecule has 200 valence electrons. The van der Waals surface area contributed by atoms with Crippen LogP contribution in [0.3, 0.4) is 0 Å². The largest absolute Gasteiger partial charge is 0.465 e. The van der Waals surface area contributed by atoms with Crippen LogP contribution in [0.1, 0.15) is 53.3 Å². The Morgan fingerprint density at radius 2 is 1.82 bits per heavy atom. The molecule has 3 heterocycles. The van der Waals surface area contributed by atoms with Crippen molar-refractivity contribution >= 4 is 27.9 Å². The number of halogens is 2. The van der Waals surface area contributed by atoms with Crippen LogP contribution in [0.4, 0.5) is 8.78 Å². The van der Waals surface area contributed by atoms with E-state index in [1.165, 1.54) is 7.11 Å². The number of rotatable bonds is 5. The third-order valence-corrected chi connectivity index (χ3v) is 7.96. The molecule has 1 aliphatic rings. The molecule has 2 aromatic carbocycles. The summed E-state index contributed by atoms with van der Waals surface area (Å²) in [5.74, 6) is -3.11. The fourth-order valence-corrected chi connectivity index (χ4v) is 6.10. The fourth-order valence-electron chi connectivity index (χ4n) is 6.10. The van der Waals surface area contributed by atoms with Crippen molar-refractivity contribution in [2.75, 3.05) is 7.11 Å². The van der Waals surface area contributed by atoms with Crippen LogP contribution in [0.15, 0.2) is 60.8 Å². The molecule has 1 fully saturated rings. The zero-order valence-corrected chi connectivity index (χ0v) is 22.1. The molecule has 9 heteroatoms. The van der Waals surface area contributed by atoms with Gasteiger partial charge < -0.3 is 9.30 Å². The second kappa shape index (κ2) is 9.55. The molecule has 0 aliphatic heterocycles. The number of aromatic nitrogens is 5. The number of carbonyl (C=O) groups excluding carboxylic acids is 1. The molecule has 39 heavy (non-hydrogen) atoms. The third kappa shape index (κ3) is 4.35. The van der Waals surface area contributed by atoms with Crippen molar-refractivity contribution in [3.05, 3.63) is 77.6 Å². The molecule has 3 aromatic heterocycles. The Kier molecular flexibility index (Phi) is 6.16. The van der Waals surface area contributed by atoms with Crippen LogP contribution in [0.25, 0.3) is 33.2 Å². The van der Waals surface area contributed by atoms with Gasteiger partial charge in [0.2, 0.25) is 5.92 Å². The Labute approximate surface area is 224 Å². The number of hydrogen-bond donors (Lipinski definition) is 0. The summed E-state index contributed by atoms with van der Waals surface area (Å²) in [5.41, 5.74) is 6.38. The van der Waals surface area contributed by atoms with E-state index in [4.69, 9.17) is 9.72 Å². The zero-order valence-electron chi connectivity index (χ0n) is 22.1. The number of esters is 1. The Morgan fingerprint density at radius 3 is 2.49 bits per heavy atom. The highest BCUT2D eigenvalue weighted by Crippen LogP contribution is 2.46. The van der Waals surface area contributed by atoms with Gasteiger partial charge in [-0.1, -0.05) is 35.5 Å². The Bertz CT molecular complexity index is 1660. The summed E-state index contributed by atoms with van der Waals surface area (Å²) >= 11 is 0. The minimum atomic E-state index is -2.64. The molecule has 1 saturated carbocycles. The third-order valence-electron chi connectivity index (χ3n) is 7.96. The Hall–Kier alpha value is -4.14. The normalized spacial score (nSPS) is 16.5. The molecule has 5 aromatic rings. The summed E-state index contributed by atoms with van der Waals surface area (Å²) < 4.78 is 37.5. The maximum Gasteiger partial charge on any atom is 0.337 e. The van der Waals surface area contributed by atoms with E-state index in [-0.39, 0.29) is 24.8 Å². The van der Waals surface area contributed by atoms with Crippen LogP contribution >= 0.6 is 0 Å². The number of methoxy groups -OCH3 is 1. The number of carbonyl (C=O) groups is 1. The highest BCUT2D eigenvalue weighted by molar-refractivity contribution is 6.08. The van der Waals surface area contributed by atoms with Crippen LogP contribution in [-0.2, 0) is 11.8 Å². The van der Waals surface area contributed by atoms with Crippen LogP contribution in [0, 0.1) is 12.8 Å². The van der Waals surface area contributed by atoms with Gasteiger partial charge in [0.1, 0.15) is 0 Å². The predicted octanol–water partition coefficient (Wildman–Crippen LogP) is 6.49. The van der Waals surface area contributed by atoms with Crippen molar-refractivity contribution in [1.29, 1.82) is 0 Å². The Morgan fingerprint density at radius 1 is 1.08 bits per heavy atom. The molecule has 1 aliphatic carbocycles. The minimum Gasteiger partial charge on any atom is -0.465 e. The first-order valence-corrected chi connectivity index (χ1v) is 13.1. The van der Waals surface area contributed by atoms with Crippen LogP contribution in [0.2, 0.25) is 0 Å². The topological polar surface area (TPSA) is 74.8 Å². The summed E-state index contributed by atoms with van der Waals surface area (Å²) in [7, 11) is 3.20. The fraction of sp³-hybridized carbons (Fsp3) is 0.333. The first-order valence-electron chi connectivity index (χ1n) is 13.1. The SMILES string of the molecule is COC(=O)c1ccc2c3ncc(-c4c(C)nnn4C)cc3n(C(c3ccccc3)C3CCC(F)(F)CC3)c2c1. The molecule has 6 rings (SSSR count). The summed E-state index contributed by atoms with van der Waals surface area (Å²) in [6.07, 6.45) is 2.30. The summed E-state index contributed by atoms with van der Waals surface area (Å²) in [6.45, 7) is 1.90. The number of aryl methyl sites for hydroxylation is 2. The van der Waals surface area contributed by atoms with E-state index >= 15 is 0 Å². The van der Waals surface area contributed by atoms with Crippen molar-refractivity contribution in [2.45, 2.75) is 44.6 Å². The van der Waals surface area contributed by atoms with Crippen molar-refractivity contribution < 1.29 is 18.3 Å². The molecule has 0 bridgehead atoms. The van der Waals surface area contributed by atoms with Crippen LogP contribution in [0.5, 0.6) is 0 Å². The summed E-state index contributed by atoms with van der Waals surface area (Å²) in [5, 5.41) is 9.24. The second-order valence-corrected chi connectivity index (χ2v) is 10.4. The van der Waals surface area contributed by atoms with Crippen LogP contribution in [-0.4, -0.2) is 43.5 Å². The molecule has 0 saturated heterocycles. The first-order chi connectivity index (χ1) is 18.8. The van der Waals surface area contributed by atoms with Gasteiger partial charge in [0.05, 0.1) is 46.7 Å². The quantitative estimate of drug-likeness (QED) is 0.243. The maximum atomic E-state index is 14.3. The molecule has 7 nitrogen and oxygen atoms in total.